The van der Waals surface area contributed by atoms with E-state index < -0.39 is 0 Å². The van der Waals surface area contributed by atoms with E-state index in [0.29, 0.717) is 0 Å². The molecule has 0 aliphatic rings. The van der Waals surface area contributed by atoms with Crippen molar-refractivity contribution in [3.63, 3.8) is 0 Å². The van der Waals surface area contributed by atoms with Crippen molar-refractivity contribution in [2.75, 3.05) is 0 Å². The summed E-state index contributed by atoms with van der Waals surface area (Å²) in [5.74, 6) is 0. The minimum atomic E-state index is 0.0878. The molecule has 2 aromatic carbocycles. The Morgan fingerprint density at radius 3 is 2.40 bits per heavy atom. The van der Waals surface area contributed by atoms with Gasteiger partial charge in [0, 0.05) is 0 Å². The quantitative estimate of drug-likeness (QED) is 0.786. The van der Waals surface area contributed by atoms with Gasteiger partial charge in [0.25, 0.3) is 0 Å². The van der Waals surface area contributed by atoms with Gasteiger partial charge in [0.05, 0.1) is 6.61 Å². The number of aliphatic hydroxyl groups excluding tert-OH is 1. The SMILES string of the molecule is Cc1ccc(CO)c(-c2ccccc2)c1. The van der Waals surface area contributed by atoms with Crippen LogP contribution in [0.3, 0.4) is 0 Å². The number of hydrogen-bond donors (Lipinski definition) is 1. The van der Waals surface area contributed by atoms with Crippen LogP contribution in [0.5, 0.6) is 0 Å². The van der Waals surface area contributed by atoms with Crippen LogP contribution < -0.4 is 0 Å². The summed E-state index contributed by atoms with van der Waals surface area (Å²) in [4.78, 5) is 0. The highest BCUT2D eigenvalue weighted by molar-refractivity contribution is 5.67. The third-order valence-corrected chi connectivity index (χ3v) is 2.52. The summed E-state index contributed by atoms with van der Waals surface area (Å²) in [7, 11) is 0. The van der Waals surface area contributed by atoms with Crippen LogP contribution in [0.4, 0.5) is 0 Å². The molecule has 15 heavy (non-hydrogen) atoms. The first-order valence-corrected chi connectivity index (χ1v) is 5.07. The fraction of sp³-hybridized carbons (Fsp3) is 0.143. The van der Waals surface area contributed by atoms with Gasteiger partial charge >= 0.3 is 0 Å². The summed E-state index contributed by atoms with van der Waals surface area (Å²) in [6.07, 6.45) is 0. The van der Waals surface area contributed by atoms with Crippen molar-refractivity contribution in [1.82, 2.24) is 0 Å². The maximum Gasteiger partial charge on any atom is 0.0687 e. The molecule has 2 aromatic rings. The second-order valence-electron chi connectivity index (χ2n) is 3.68. The van der Waals surface area contributed by atoms with Crippen molar-refractivity contribution in [2.24, 2.45) is 0 Å². The predicted octanol–water partition coefficient (Wildman–Crippen LogP) is 3.15. The first kappa shape index (κ1) is 9.94. The third-order valence-electron chi connectivity index (χ3n) is 2.52. The largest absolute Gasteiger partial charge is 0.392 e. The van der Waals surface area contributed by atoms with Crippen LogP contribution in [0.15, 0.2) is 48.5 Å². The minimum Gasteiger partial charge on any atom is -0.392 e. The second kappa shape index (κ2) is 4.28. The summed E-state index contributed by atoms with van der Waals surface area (Å²) < 4.78 is 0. The topological polar surface area (TPSA) is 20.2 Å². The number of rotatable bonds is 2. The molecule has 76 valence electrons. The Labute approximate surface area is 90.0 Å². The van der Waals surface area contributed by atoms with Crippen LogP contribution in [0.2, 0.25) is 0 Å². The summed E-state index contributed by atoms with van der Waals surface area (Å²) in [6, 6.07) is 16.3. The molecule has 0 heterocycles. The molecule has 0 aliphatic carbocycles. The van der Waals surface area contributed by atoms with Gasteiger partial charge < -0.3 is 5.11 Å². The van der Waals surface area contributed by atoms with Crippen LogP contribution in [0.25, 0.3) is 11.1 Å². The lowest BCUT2D eigenvalue weighted by Crippen LogP contribution is -1.90. The standard InChI is InChI=1S/C14H14O/c1-11-7-8-13(10-15)14(9-11)12-5-3-2-4-6-12/h2-9,15H,10H2,1H3. The lowest BCUT2D eigenvalue weighted by molar-refractivity contribution is 0.282. The molecule has 1 nitrogen and oxygen atoms in total. The molecular weight excluding hydrogens is 184 g/mol. The minimum absolute atomic E-state index is 0.0878. The highest BCUT2D eigenvalue weighted by Gasteiger charge is 2.03. The number of hydrogen-bond acceptors (Lipinski definition) is 1. The van der Waals surface area contributed by atoms with E-state index in [0.717, 1.165) is 16.7 Å². The molecule has 1 heteroatoms. The second-order valence-corrected chi connectivity index (χ2v) is 3.68. The van der Waals surface area contributed by atoms with E-state index in [9.17, 15) is 5.11 Å². The van der Waals surface area contributed by atoms with Crippen molar-refractivity contribution in [3.8, 4) is 11.1 Å². The van der Waals surface area contributed by atoms with Gasteiger partial charge in [-0.3, -0.25) is 0 Å². The fourth-order valence-corrected chi connectivity index (χ4v) is 1.71. The summed E-state index contributed by atoms with van der Waals surface area (Å²) in [6.45, 7) is 2.15. The summed E-state index contributed by atoms with van der Waals surface area (Å²) in [5, 5.41) is 9.27. The number of aliphatic hydroxyl groups is 1. The molecule has 0 amide bonds. The predicted molar refractivity (Wildman–Crippen MR) is 62.5 cm³/mol. The molecule has 0 atom stereocenters. The van der Waals surface area contributed by atoms with E-state index in [2.05, 4.69) is 25.1 Å². The monoisotopic (exact) mass is 198 g/mol. The molecule has 0 saturated heterocycles. The van der Waals surface area contributed by atoms with Crippen molar-refractivity contribution in [3.05, 3.63) is 59.7 Å². The lowest BCUT2D eigenvalue weighted by atomic mass is 9.98. The number of benzene rings is 2. The van der Waals surface area contributed by atoms with E-state index in [1.807, 2.05) is 30.3 Å². The first-order chi connectivity index (χ1) is 7.31. The van der Waals surface area contributed by atoms with Gasteiger partial charge in [-0.15, -0.1) is 0 Å². The molecule has 0 aliphatic heterocycles. The highest BCUT2D eigenvalue weighted by atomic mass is 16.3. The van der Waals surface area contributed by atoms with Crippen molar-refractivity contribution >= 4 is 0 Å². The van der Waals surface area contributed by atoms with E-state index >= 15 is 0 Å². The van der Waals surface area contributed by atoms with Gasteiger partial charge in [-0.05, 0) is 23.6 Å². The summed E-state index contributed by atoms with van der Waals surface area (Å²) in [5.41, 5.74) is 4.47. The molecule has 0 saturated carbocycles. The Morgan fingerprint density at radius 2 is 1.73 bits per heavy atom. The Balaban J connectivity index is 2.56. The van der Waals surface area contributed by atoms with Crippen molar-refractivity contribution in [1.29, 1.82) is 0 Å². The highest BCUT2D eigenvalue weighted by Crippen LogP contribution is 2.24. The maximum absolute atomic E-state index is 9.27. The summed E-state index contributed by atoms with van der Waals surface area (Å²) >= 11 is 0. The molecule has 0 radical (unpaired) electrons. The number of aryl methyl sites for hydroxylation is 1. The van der Waals surface area contributed by atoms with Gasteiger partial charge in [0.2, 0.25) is 0 Å². The maximum atomic E-state index is 9.27. The molecule has 0 bridgehead atoms. The Kier molecular flexibility index (Phi) is 2.84. The van der Waals surface area contributed by atoms with Gasteiger partial charge in [-0.25, -0.2) is 0 Å². The van der Waals surface area contributed by atoms with Gasteiger partial charge in [-0.2, -0.15) is 0 Å². The average Bonchev–Trinajstić information content (AvgIpc) is 2.30. The molecule has 0 spiro atoms. The molecule has 0 aromatic heterocycles. The Morgan fingerprint density at radius 1 is 1.00 bits per heavy atom. The third kappa shape index (κ3) is 2.08. The first-order valence-electron chi connectivity index (χ1n) is 5.07. The van der Waals surface area contributed by atoms with Gasteiger partial charge in [-0.1, -0.05) is 54.1 Å². The lowest BCUT2D eigenvalue weighted by Gasteiger charge is -2.08. The zero-order valence-electron chi connectivity index (χ0n) is 8.77. The van der Waals surface area contributed by atoms with Crippen LogP contribution in [0.1, 0.15) is 11.1 Å². The Bertz CT molecular complexity index is 446. The van der Waals surface area contributed by atoms with Crippen molar-refractivity contribution < 1.29 is 5.11 Å². The van der Waals surface area contributed by atoms with Crippen LogP contribution in [-0.4, -0.2) is 5.11 Å². The molecule has 2 rings (SSSR count). The van der Waals surface area contributed by atoms with Gasteiger partial charge in [0.15, 0.2) is 0 Å². The van der Waals surface area contributed by atoms with Gasteiger partial charge in [0.1, 0.15) is 0 Å². The van der Waals surface area contributed by atoms with Crippen LogP contribution >= 0.6 is 0 Å². The van der Waals surface area contributed by atoms with E-state index in [-0.39, 0.29) is 6.61 Å². The normalized spacial score (nSPS) is 10.3. The molecule has 0 fully saturated rings. The molecular formula is C14H14O. The van der Waals surface area contributed by atoms with Crippen LogP contribution in [0, 0.1) is 6.92 Å². The fourth-order valence-electron chi connectivity index (χ4n) is 1.71. The van der Waals surface area contributed by atoms with E-state index in [4.69, 9.17) is 0 Å². The van der Waals surface area contributed by atoms with Crippen molar-refractivity contribution in [2.45, 2.75) is 13.5 Å². The average molecular weight is 198 g/mol. The van der Waals surface area contributed by atoms with E-state index in [1.54, 1.807) is 0 Å². The molecule has 1 N–H and O–H groups in total. The molecule has 0 unspecified atom stereocenters. The zero-order valence-corrected chi connectivity index (χ0v) is 8.77. The smallest absolute Gasteiger partial charge is 0.0687 e. The van der Waals surface area contributed by atoms with E-state index in [1.165, 1.54) is 5.56 Å². The van der Waals surface area contributed by atoms with Crippen LogP contribution in [-0.2, 0) is 6.61 Å². The zero-order chi connectivity index (χ0) is 10.7. The Hall–Kier alpha value is -1.60.